The molecule has 1 saturated heterocycles. The number of benzene rings is 1. The van der Waals surface area contributed by atoms with Gasteiger partial charge in [-0.3, -0.25) is 29.4 Å². The molecule has 2 aliphatic carbocycles. The third kappa shape index (κ3) is 3.12. The van der Waals surface area contributed by atoms with Crippen LogP contribution in [0.1, 0.15) is 30.4 Å². The molecule has 2 bridgehead atoms. The predicted octanol–water partition coefficient (Wildman–Crippen LogP) is 3.37. The Morgan fingerprint density at radius 2 is 1.81 bits per heavy atom. The number of amides is 3. The first-order valence-electron chi connectivity index (χ1n) is 10.5. The molecule has 32 heavy (non-hydrogen) atoms. The van der Waals surface area contributed by atoms with Crippen molar-refractivity contribution in [3.8, 4) is 0 Å². The van der Waals surface area contributed by atoms with Crippen molar-refractivity contribution in [1.29, 1.82) is 0 Å². The highest BCUT2D eigenvalue weighted by Crippen LogP contribution is 2.54. The molecule has 5 unspecified atom stereocenters. The Morgan fingerprint density at radius 1 is 1.16 bits per heavy atom. The van der Waals surface area contributed by atoms with E-state index in [1.165, 1.54) is 23.1 Å². The molecule has 9 nitrogen and oxygen atoms in total. The SMILES string of the molecule is Cc1ccc(C(CC(=O)Nc2ccccc2[N+](=O)[O-])N2C(=O)C3C4C=CC(C4)C3C2=O)o1. The fourth-order valence-corrected chi connectivity index (χ4v) is 5.30. The minimum absolute atomic E-state index is 0.0474. The van der Waals surface area contributed by atoms with Crippen molar-refractivity contribution in [2.24, 2.45) is 23.7 Å². The molecule has 1 aromatic carbocycles. The Morgan fingerprint density at radius 3 is 2.41 bits per heavy atom. The summed E-state index contributed by atoms with van der Waals surface area (Å²) in [7, 11) is 0. The maximum absolute atomic E-state index is 13.3. The predicted molar refractivity (Wildman–Crippen MR) is 112 cm³/mol. The second-order valence-corrected chi connectivity index (χ2v) is 8.54. The molecule has 5 rings (SSSR count). The van der Waals surface area contributed by atoms with Gasteiger partial charge in [0, 0.05) is 6.07 Å². The average Bonchev–Trinajstić information content (AvgIpc) is 3.52. The number of nitro groups is 1. The summed E-state index contributed by atoms with van der Waals surface area (Å²) in [4.78, 5) is 51.4. The lowest BCUT2D eigenvalue weighted by Gasteiger charge is -2.26. The molecule has 0 radical (unpaired) electrons. The monoisotopic (exact) mass is 435 g/mol. The maximum atomic E-state index is 13.3. The van der Waals surface area contributed by atoms with Crippen molar-refractivity contribution in [1.82, 2.24) is 4.90 Å². The fraction of sp³-hybridized carbons (Fsp3) is 0.348. The first kappa shape index (κ1) is 20.2. The molecule has 164 valence electrons. The molecule has 0 spiro atoms. The molecule has 5 atom stereocenters. The van der Waals surface area contributed by atoms with E-state index >= 15 is 0 Å². The summed E-state index contributed by atoms with van der Waals surface area (Å²) in [5, 5.41) is 13.8. The van der Waals surface area contributed by atoms with E-state index in [-0.39, 0.29) is 41.4 Å². The third-order valence-corrected chi connectivity index (χ3v) is 6.66. The molecule has 1 aliphatic heterocycles. The second kappa shape index (κ2) is 7.44. The highest BCUT2D eigenvalue weighted by molar-refractivity contribution is 6.07. The van der Waals surface area contributed by atoms with Crippen LogP contribution in [-0.2, 0) is 14.4 Å². The summed E-state index contributed by atoms with van der Waals surface area (Å²) in [6, 6.07) is 8.25. The number of hydrogen-bond donors (Lipinski definition) is 1. The zero-order valence-corrected chi connectivity index (χ0v) is 17.3. The number of hydrogen-bond acceptors (Lipinski definition) is 6. The number of imide groups is 1. The minimum Gasteiger partial charge on any atom is -0.464 e. The van der Waals surface area contributed by atoms with Crippen LogP contribution in [-0.4, -0.2) is 27.5 Å². The quantitative estimate of drug-likeness (QED) is 0.321. The molecule has 9 heteroatoms. The largest absolute Gasteiger partial charge is 0.464 e. The Kier molecular flexibility index (Phi) is 4.69. The number of carbonyl (C=O) groups is 3. The van der Waals surface area contributed by atoms with Crippen LogP contribution in [0.5, 0.6) is 0 Å². The summed E-state index contributed by atoms with van der Waals surface area (Å²) < 4.78 is 5.71. The lowest BCUT2D eigenvalue weighted by Crippen LogP contribution is -2.38. The van der Waals surface area contributed by atoms with Gasteiger partial charge in [-0.2, -0.15) is 0 Å². The molecular weight excluding hydrogens is 414 g/mol. The second-order valence-electron chi connectivity index (χ2n) is 8.54. The smallest absolute Gasteiger partial charge is 0.292 e. The zero-order valence-electron chi connectivity index (χ0n) is 17.3. The zero-order chi connectivity index (χ0) is 22.6. The van der Waals surface area contributed by atoms with Crippen molar-refractivity contribution in [2.45, 2.75) is 25.8 Å². The van der Waals surface area contributed by atoms with Crippen LogP contribution in [0, 0.1) is 40.7 Å². The van der Waals surface area contributed by atoms with Crippen LogP contribution >= 0.6 is 0 Å². The van der Waals surface area contributed by atoms with Crippen LogP contribution < -0.4 is 5.32 Å². The summed E-state index contributed by atoms with van der Waals surface area (Å²) in [5.41, 5.74) is -0.188. The first-order valence-corrected chi connectivity index (χ1v) is 10.5. The molecule has 2 aromatic rings. The number of rotatable bonds is 6. The number of furan rings is 1. The number of nitro benzene ring substituents is 1. The number of aryl methyl sites for hydroxylation is 1. The standard InChI is InChI=1S/C23H21N3O6/c1-12-6-9-18(32-12)17(11-19(27)24-15-4-2-3-5-16(15)26(30)31)25-22(28)20-13-7-8-14(10-13)21(20)23(25)29/h2-9,13-14,17,20-21H,10-11H2,1H3,(H,24,27). The van der Waals surface area contributed by atoms with E-state index in [0.29, 0.717) is 11.5 Å². The van der Waals surface area contributed by atoms with Gasteiger partial charge in [0.05, 0.1) is 23.2 Å². The van der Waals surface area contributed by atoms with E-state index in [1.54, 1.807) is 25.1 Å². The molecule has 2 heterocycles. The van der Waals surface area contributed by atoms with Gasteiger partial charge in [-0.05, 0) is 43.4 Å². The van der Waals surface area contributed by atoms with Gasteiger partial charge in [-0.25, -0.2) is 0 Å². The number of likely N-dealkylation sites (tertiary alicyclic amines) is 1. The first-order chi connectivity index (χ1) is 15.3. The summed E-state index contributed by atoms with van der Waals surface area (Å²) in [6.07, 6.45) is 4.56. The van der Waals surface area contributed by atoms with Crippen molar-refractivity contribution < 1.29 is 23.7 Å². The van der Waals surface area contributed by atoms with Crippen LogP contribution in [0.4, 0.5) is 11.4 Å². The van der Waals surface area contributed by atoms with Crippen molar-refractivity contribution in [3.63, 3.8) is 0 Å². The molecule has 3 amide bonds. The van der Waals surface area contributed by atoms with Gasteiger partial charge < -0.3 is 9.73 Å². The topological polar surface area (TPSA) is 123 Å². The Bertz CT molecular complexity index is 1140. The van der Waals surface area contributed by atoms with E-state index in [2.05, 4.69) is 5.32 Å². The van der Waals surface area contributed by atoms with E-state index in [1.807, 2.05) is 12.2 Å². The van der Waals surface area contributed by atoms with E-state index in [4.69, 9.17) is 4.42 Å². The van der Waals surface area contributed by atoms with E-state index < -0.39 is 28.7 Å². The van der Waals surface area contributed by atoms with E-state index in [0.717, 1.165) is 6.42 Å². The summed E-state index contributed by atoms with van der Waals surface area (Å²) >= 11 is 0. The molecule has 1 saturated carbocycles. The van der Waals surface area contributed by atoms with Gasteiger partial charge in [0.15, 0.2) is 0 Å². The number of anilines is 1. The minimum atomic E-state index is -0.920. The van der Waals surface area contributed by atoms with Gasteiger partial charge in [0.2, 0.25) is 17.7 Å². The normalized spacial score (nSPS) is 26.5. The molecule has 3 aliphatic rings. The fourth-order valence-electron chi connectivity index (χ4n) is 5.30. The summed E-state index contributed by atoms with van der Waals surface area (Å²) in [5.74, 6) is -0.894. The molecular formula is C23H21N3O6. The Hall–Kier alpha value is -3.75. The number of fused-ring (bicyclic) bond motifs is 5. The lowest BCUT2D eigenvalue weighted by molar-refractivity contribution is -0.383. The van der Waals surface area contributed by atoms with Crippen LogP contribution in [0.3, 0.4) is 0 Å². The van der Waals surface area contributed by atoms with Gasteiger partial charge in [0.1, 0.15) is 23.2 Å². The van der Waals surface area contributed by atoms with Gasteiger partial charge in [-0.15, -0.1) is 0 Å². The van der Waals surface area contributed by atoms with Crippen LogP contribution in [0.2, 0.25) is 0 Å². The van der Waals surface area contributed by atoms with E-state index in [9.17, 15) is 24.5 Å². The van der Waals surface area contributed by atoms with Gasteiger partial charge in [0.25, 0.3) is 5.69 Å². The number of nitrogens with zero attached hydrogens (tertiary/aromatic N) is 2. The van der Waals surface area contributed by atoms with Crippen molar-refractivity contribution >= 4 is 29.1 Å². The number of nitrogens with one attached hydrogen (secondary N) is 1. The Labute approximate surface area is 183 Å². The molecule has 1 N–H and O–H groups in total. The van der Waals surface area contributed by atoms with Crippen molar-refractivity contribution in [2.75, 3.05) is 5.32 Å². The summed E-state index contributed by atoms with van der Waals surface area (Å²) in [6.45, 7) is 1.74. The lowest BCUT2D eigenvalue weighted by atomic mass is 9.85. The highest BCUT2D eigenvalue weighted by Gasteiger charge is 2.60. The number of para-hydroxylation sites is 2. The van der Waals surface area contributed by atoms with Crippen LogP contribution in [0.15, 0.2) is 53.0 Å². The average molecular weight is 435 g/mol. The molecule has 1 aromatic heterocycles. The number of allylic oxidation sites excluding steroid dienone is 2. The Balaban J connectivity index is 1.43. The van der Waals surface area contributed by atoms with Gasteiger partial charge in [-0.1, -0.05) is 24.3 Å². The van der Waals surface area contributed by atoms with Crippen LogP contribution in [0.25, 0.3) is 0 Å². The number of carbonyl (C=O) groups excluding carboxylic acids is 3. The van der Waals surface area contributed by atoms with Gasteiger partial charge >= 0.3 is 0 Å². The maximum Gasteiger partial charge on any atom is 0.292 e. The van der Waals surface area contributed by atoms with Crippen molar-refractivity contribution in [3.05, 3.63) is 70.2 Å². The molecule has 2 fully saturated rings. The highest BCUT2D eigenvalue weighted by atomic mass is 16.6. The third-order valence-electron chi connectivity index (χ3n) is 6.66.